The minimum absolute atomic E-state index is 0.156. The molecule has 0 saturated heterocycles. The Morgan fingerprint density at radius 2 is 1.87 bits per heavy atom. The molecule has 1 heterocycles. The maximum Gasteiger partial charge on any atom is 0.105 e. The van der Waals surface area contributed by atoms with Crippen LogP contribution in [0.5, 0.6) is 0 Å². The molecular weight excluding hydrogens is 192 g/mol. The van der Waals surface area contributed by atoms with Crippen LogP contribution in [0.15, 0.2) is 42.7 Å². The van der Waals surface area contributed by atoms with Crippen molar-refractivity contribution in [1.29, 1.82) is 0 Å². The Morgan fingerprint density at radius 1 is 1.13 bits per heavy atom. The zero-order valence-electron chi connectivity index (χ0n) is 7.75. The predicted molar refractivity (Wildman–Crippen MR) is 51.8 cm³/mol. The summed E-state index contributed by atoms with van der Waals surface area (Å²) in [7, 11) is 0. The molecular formula is C11H7N2O2-. The number of rotatable bonds is 2. The van der Waals surface area contributed by atoms with E-state index in [1.807, 2.05) is 30.3 Å². The molecule has 1 aromatic carbocycles. The largest absolute Gasteiger partial charge is 0.543 e. The number of aromatic carboxylic acids is 1. The Hall–Kier alpha value is -2.23. The summed E-state index contributed by atoms with van der Waals surface area (Å²) < 4.78 is 0. The third-order valence-corrected chi connectivity index (χ3v) is 1.91. The summed E-state index contributed by atoms with van der Waals surface area (Å²) in [6.07, 6.45) is 2.68. The highest BCUT2D eigenvalue weighted by atomic mass is 16.4. The first-order valence-corrected chi connectivity index (χ1v) is 4.36. The van der Waals surface area contributed by atoms with Crippen LogP contribution in [0, 0.1) is 0 Å². The normalized spacial score (nSPS) is 9.87. The highest BCUT2D eigenvalue weighted by molar-refractivity contribution is 5.83. The number of nitrogens with zero attached hydrogens (tertiary/aromatic N) is 2. The molecule has 2 rings (SSSR count). The van der Waals surface area contributed by atoms with Crippen LogP contribution in [-0.4, -0.2) is 15.9 Å². The average Bonchev–Trinajstić information content (AvgIpc) is 2.30. The summed E-state index contributed by atoms with van der Waals surface area (Å²) in [5.74, 6) is -1.32. The van der Waals surface area contributed by atoms with Gasteiger partial charge in [0.1, 0.15) is 5.69 Å². The van der Waals surface area contributed by atoms with Crippen LogP contribution < -0.4 is 5.11 Å². The summed E-state index contributed by atoms with van der Waals surface area (Å²) in [5.41, 5.74) is 1.20. The summed E-state index contributed by atoms with van der Waals surface area (Å²) >= 11 is 0. The second kappa shape index (κ2) is 3.88. The Morgan fingerprint density at radius 3 is 2.53 bits per heavy atom. The number of hydrogen-bond acceptors (Lipinski definition) is 4. The van der Waals surface area contributed by atoms with Crippen molar-refractivity contribution in [3.63, 3.8) is 0 Å². The van der Waals surface area contributed by atoms with Gasteiger partial charge in [-0.2, -0.15) is 0 Å². The van der Waals surface area contributed by atoms with Crippen LogP contribution in [-0.2, 0) is 0 Å². The van der Waals surface area contributed by atoms with Gasteiger partial charge in [0, 0.05) is 5.56 Å². The van der Waals surface area contributed by atoms with Gasteiger partial charge in [0.05, 0.1) is 24.1 Å². The Balaban J connectivity index is 2.46. The van der Waals surface area contributed by atoms with Gasteiger partial charge in [-0.1, -0.05) is 30.3 Å². The van der Waals surface area contributed by atoms with Gasteiger partial charge >= 0.3 is 0 Å². The lowest BCUT2D eigenvalue weighted by Gasteiger charge is -2.03. The van der Waals surface area contributed by atoms with E-state index in [2.05, 4.69) is 9.97 Å². The molecule has 0 N–H and O–H groups in total. The van der Waals surface area contributed by atoms with Gasteiger partial charge in [-0.3, -0.25) is 4.98 Å². The first-order chi connectivity index (χ1) is 7.27. The van der Waals surface area contributed by atoms with E-state index in [0.29, 0.717) is 5.69 Å². The van der Waals surface area contributed by atoms with Crippen molar-refractivity contribution in [2.24, 2.45) is 0 Å². The van der Waals surface area contributed by atoms with Gasteiger partial charge < -0.3 is 9.90 Å². The predicted octanol–water partition coefficient (Wildman–Crippen LogP) is 0.507. The van der Waals surface area contributed by atoms with E-state index in [1.54, 1.807) is 0 Å². The summed E-state index contributed by atoms with van der Waals surface area (Å²) in [6, 6.07) is 9.25. The minimum atomic E-state index is -1.32. The van der Waals surface area contributed by atoms with Crippen molar-refractivity contribution in [3.8, 4) is 11.3 Å². The van der Waals surface area contributed by atoms with E-state index < -0.39 is 5.97 Å². The molecule has 74 valence electrons. The smallest absolute Gasteiger partial charge is 0.105 e. The van der Waals surface area contributed by atoms with Crippen molar-refractivity contribution in [3.05, 3.63) is 48.4 Å². The van der Waals surface area contributed by atoms with E-state index in [-0.39, 0.29) is 5.69 Å². The van der Waals surface area contributed by atoms with Gasteiger partial charge in [-0.15, -0.1) is 0 Å². The second-order valence-corrected chi connectivity index (χ2v) is 2.94. The molecule has 0 radical (unpaired) electrons. The molecule has 4 heteroatoms. The van der Waals surface area contributed by atoms with Crippen LogP contribution >= 0.6 is 0 Å². The molecule has 2 aromatic rings. The van der Waals surface area contributed by atoms with E-state index >= 15 is 0 Å². The number of carbonyl (C=O) groups is 1. The Labute approximate surface area is 86.2 Å². The molecule has 0 unspecified atom stereocenters. The maximum atomic E-state index is 10.6. The van der Waals surface area contributed by atoms with Crippen molar-refractivity contribution < 1.29 is 9.90 Å². The maximum absolute atomic E-state index is 10.6. The highest BCUT2D eigenvalue weighted by Crippen LogP contribution is 2.14. The van der Waals surface area contributed by atoms with Crippen molar-refractivity contribution in [2.45, 2.75) is 0 Å². The van der Waals surface area contributed by atoms with Crippen LogP contribution in [0.4, 0.5) is 0 Å². The van der Waals surface area contributed by atoms with Crippen LogP contribution in [0.25, 0.3) is 11.3 Å². The number of aromatic nitrogens is 2. The Kier molecular flexibility index (Phi) is 2.41. The van der Waals surface area contributed by atoms with Gasteiger partial charge in [-0.25, -0.2) is 4.98 Å². The van der Waals surface area contributed by atoms with Gasteiger partial charge in [0.15, 0.2) is 0 Å². The fourth-order valence-electron chi connectivity index (χ4n) is 1.21. The van der Waals surface area contributed by atoms with E-state index in [9.17, 15) is 9.90 Å². The first-order valence-electron chi connectivity index (χ1n) is 4.36. The van der Waals surface area contributed by atoms with E-state index in [1.165, 1.54) is 12.4 Å². The lowest BCUT2D eigenvalue weighted by molar-refractivity contribution is -0.255. The lowest BCUT2D eigenvalue weighted by atomic mass is 10.2. The van der Waals surface area contributed by atoms with E-state index in [4.69, 9.17) is 0 Å². The molecule has 1 aromatic heterocycles. The molecule has 0 aliphatic heterocycles. The fraction of sp³-hybridized carbons (Fsp3) is 0. The number of carbonyl (C=O) groups excluding carboxylic acids is 1. The molecule has 4 nitrogen and oxygen atoms in total. The van der Waals surface area contributed by atoms with Crippen LogP contribution in [0.2, 0.25) is 0 Å². The molecule has 0 atom stereocenters. The molecule has 0 amide bonds. The van der Waals surface area contributed by atoms with Crippen molar-refractivity contribution in [1.82, 2.24) is 9.97 Å². The summed E-state index contributed by atoms with van der Waals surface area (Å²) in [6.45, 7) is 0. The number of benzene rings is 1. The zero-order chi connectivity index (χ0) is 10.7. The first kappa shape index (κ1) is 9.33. The van der Waals surface area contributed by atoms with Crippen LogP contribution in [0.1, 0.15) is 10.5 Å². The highest BCUT2D eigenvalue weighted by Gasteiger charge is 2.01. The quantitative estimate of drug-likeness (QED) is 0.706. The van der Waals surface area contributed by atoms with Gasteiger partial charge in [0.2, 0.25) is 0 Å². The molecule has 0 spiro atoms. The monoisotopic (exact) mass is 199 g/mol. The zero-order valence-corrected chi connectivity index (χ0v) is 7.75. The molecule has 15 heavy (non-hydrogen) atoms. The summed E-state index contributed by atoms with van der Waals surface area (Å²) in [4.78, 5) is 18.3. The average molecular weight is 199 g/mol. The molecule has 0 bridgehead atoms. The van der Waals surface area contributed by atoms with Gasteiger partial charge in [0.25, 0.3) is 0 Å². The van der Waals surface area contributed by atoms with Crippen molar-refractivity contribution in [2.75, 3.05) is 0 Å². The van der Waals surface area contributed by atoms with E-state index in [0.717, 1.165) is 5.56 Å². The molecule has 0 aliphatic carbocycles. The minimum Gasteiger partial charge on any atom is -0.543 e. The molecule has 0 fully saturated rings. The third-order valence-electron chi connectivity index (χ3n) is 1.91. The number of hydrogen-bond donors (Lipinski definition) is 0. The standard InChI is InChI=1S/C11H8N2O2/c14-11(15)10-7-12-6-9(13-10)8-4-2-1-3-5-8/h1-7H,(H,14,15)/p-1. The van der Waals surface area contributed by atoms with Crippen molar-refractivity contribution >= 4 is 5.97 Å². The molecule has 0 saturated carbocycles. The SMILES string of the molecule is O=C([O-])c1cncc(-c2ccccc2)n1. The second-order valence-electron chi connectivity index (χ2n) is 2.94. The number of carboxylic acids is 1. The Bertz CT molecular complexity index is 483. The topological polar surface area (TPSA) is 65.9 Å². The summed E-state index contributed by atoms with van der Waals surface area (Å²) in [5, 5.41) is 10.6. The third kappa shape index (κ3) is 1.99. The molecule has 0 aliphatic rings. The number of carboxylic acid groups (broad SMARTS) is 1. The lowest BCUT2D eigenvalue weighted by Crippen LogP contribution is -2.23. The van der Waals surface area contributed by atoms with Crippen LogP contribution in [0.3, 0.4) is 0 Å². The fourth-order valence-corrected chi connectivity index (χ4v) is 1.21. The van der Waals surface area contributed by atoms with Gasteiger partial charge in [-0.05, 0) is 0 Å².